The first-order chi connectivity index (χ1) is 9.06. The number of rotatable bonds is 3. The van der Waals surface area contributed by atoms with Crippen LogP contribution in [-0.2, 0) is 11.8 Å². The number of fused-ring (bicyclic) bond motifs is 1. The molecule has 1 atom stereocenters. The zero-order valence-electron chi connectivity index (χ0n) is 11.0. The van der Waals surface area contributed by atoms with E-state index in [1.807, 2.05) is 42.1 Å². The van der Waals surface area contributed by atoms with Crippen molar-refractivity contribution < 1.29 is 9.90 Å². The predicted molar refractivity (Wildman–Crippen MR) is 73.8 cm³/mol. The van der Waals surface area contributed by atoms with Crippen LogP contribution in [0, 0.1) is 5.41 Å². The summed E-state index contributed by atoms with van der Waals surface area (Å²) in [4.78, 5) is 11.6. The van der Waals surface area contributed by atoms with Crippen LogP contribution in [0.15, 0.2) is 30.5 Å². The number of hydrogen-bond acceptors (Lipinski definition) is 2. The average molecular weight is 258 g/mol. The van der Waals surface area contributed by atoms with Crippen LogP contribution in [0.1, 0.15) is 30.9 Å². The molecule has 1 heterocycles. The number of aliphatic carboxylic acids is 1. The summed E-state index contributed by atoms with van der Waals surface area (Å²) in [7, 11) is 1.97. The number of nitrogens with zero attached hydrogens (tertiary/aromatic N) is 1. The Balaban J connectivity index is 2.12. The third-order valence-electron chi connectivity index (χ3n) is 4.53. The molecule has 0 spiro atoms. The highest BCUT2D eigenvalue weighted by Gasteiger charge is 2.50. The molecule has 3 N–H and O–H groups in total. The topological polar surface area (TPSA) is 68.2 Å². The summed E-state index contributed by atoms with van der Waals surface area (Å²) in [6, 6.07) is 7.55. The first-order valence-electron chi connectivity index (χ1n) is 6.59. The van der Waals surface area contributed by atoms with E-state index in [1.54, 1.807) is 0 Å². The Kier molecular flexibility index (Phi) is 2.64. The zero-order valence-corrected chi connectivity index (χ0v) is 11.0. The van der Waals surface area contributed by atoms with Crippen LogP contribution in [0.3, 0.4) is 0 Å². The first-order valence-corrected chi connectivity index (χ1v) is 6.59. The normalized spacial score (nSPS) is 19.1. The predicted octanol–water partition coefficient (Wildman–Crippen LogP) is 2.43. The summed E-state index contributed by atoms with van der Waals surface area (Å²) in [6.07, 6.45) is 4.27. The molecular weight excluding hydrogens is 240 g/mol. The molecule has 1 unspecified atom stereocenters. The van der Waals surface area contributed by atoms with Crippen molar-refractivity contribution in [3.63, 3.8) is 0 Å². The van der Waals surface area contributed by atoms with Crippen molar-refractivity contribution in [1.29, 1.82) is 0 Å². The van der Waals surface area contributed by atoms with E-state index in [-0.39, 0.29) is 0 Å². The number of para-hydroxylation sites is 1. The Bertz CT molecular complexity index is 641. The molecule has 1 aromatic heterocycles. The van der Waals surface area contributed by atoms with Crippen LogP contribution in [0.5, 0.6) is 0 Å². The largest absolute Gasteiger partial charge is 0.481 e. The summed E-state index contributed by atoms with van der Waals surface area (Å²) in [5.74, 6) is -0.765. The molecular formula is C15H18N2O2. The minimum Gasteiger partial charge on any atom is -0.481 e. The molecule has 2 aromatic rings. The molecule has 4 nitrogen and oxygen atoms in total. The van der Waals surface area contributed by atoms with Gasteiger partial charge in [-0.15, -0.1) is 0 Å². The highest BCUT2D eigenvalue weighted by atomic mass is 16.4. The van der Waals surface area contributed by atoms with Gasteiger partial charge in [0.25, 0.3) is 0 Å². The molecule has 19 heavy (non-hydrogen) atoms. The molecule has 0 radical (unpaired) electrons. The van der Waals surface area contributed by atoms with Gasteiger partial charge in [-0.3, -0.25) is 4.79 Å². The van der Waals surface area contributed by atoms with Crippen molar-refractivity contribution in [1.82, 2.24) is 4.57 Å². The van der Waals surface area contributed by atoms with Gasteiger partial charge >= 0.3 is 5.97 Å². The first kappa shape index (κ1) is 12.2. The molecule has 100 valence electrons. The Hall–Kier alpha value is -1.81. The lowest BCUT2D eigenvalue weighted by Gasteiger charge is -2.42. The number of aromatic nitrogens is 1. The third-order valence-corrected chi connectivity index (χ3v) is 4.53. The fourth-order valence-electron chi connectivity index (χ4n) is 3.13. The van der Waals surface area contributed by atoms with E-state index >= 15 is 0 Å². The van der Waals surface area contributed by atoms with Crippen LogP contribution in [0.4, 0.5) is 0 Å². The second kappa shape index (κ2) is 4.10. The minimum atomic E-state index is -0.774. The summed E-state index contributed by atoms with van der Waals surface area (Å²) >= 11 is 0. The van der Waals surface area contributed by atoms with E-state index in [0.29, 0.717) is 12.8 Å². The average Bonchev–Trinajstić information content (AvgIpc) is 2.65. The summed E-state index contributed by atoms with van der Waals surface area (Å²) in [5, 5.41) is 10.6. The molecule has 1 aliphatic rings. The molecule has 0 bridgehead atoms. The second-order valence-corrected chi connectivity index (χ2v) is 5.51. The fourth-order valence-corrected chi connectivity index (χ4v) is 3.13. The number of carboxylic acids is 1. The van der Waals surface area contributed by atoms with E-state index < -0.39 is 17.4 Å². The second-order valence-electron chi connectivity index (χ2n) is 5.51. The van der Waals surface area contributed by atoms with Crippen LogP contribution in [0.25, 0.3) is 10.9 Å². The smallest absolute Gasteiger partial charge is 0.311 e. The lowest BCUT2D eigenvalue weighted by atomic mass is 9.62. The lowest BCUT2D eigenvalue weighted by molar-refractivity contribution is -0.156. The van der Waals surface area contributed by atoms with Crippen molar-refractivity contribution >= 4 is 16.9 Å². The van der Waals surface area contributed by atoms with Gasteiger partial charge < -0.3 is 15.4 Å². The van der Waals surface area contributed by atoms with Crippen molar-refractivity contribution in [2.75, 3.05) is 0 Å². The highest BCUT2D eigenvalue weighted by Crippen LogP contribution is 2.50. The Labute approximate surface area is 111 Å². The number of benzene rings is 1. The van der Waals surface area contributed by atoms with E-state index in [0.717, 1.165) is 22.9 Å². The summed E-state index contributed by atoms with van der Waals surface area (Å²) < 4.78 is 2.01. The number of carbonyl (C=O) groups is 1. The fraction of sp³-hybridized carbons (Fsp3) is 0.400. The number of aryl methyl sites for hydroxylation is 1. The Morgan fingerprint density at radius 1 is 1.42 bits per heavy atom. The van der Waals surface area contributed by atoms with Crippen LogP contribution in [-0.4, -0.2) is 15.6 Å². The van der Waals surface area contributed by atoms with Crippen LogP contribution in [0.2, 0.25) is 0 Å². The SMILES string of the molecule is Cn1cc(C(N)C2(C(=O)O)CCC2)c2ccccc21. The van der Waals surface area contributed by atoms with Crippen molar-refractivity contribution in [3.05, 3.63) is 36.0 Å². The lowest BCUT2D eigenvalue weighted by Crippen LogP contribution is -2.46. The maximum absolute atomic E-state index is 11.6. The zero-order chi connectivity index (χ0) is 13.6. The molecule has 4 heteroatoms. The van der Waals surface area contributed by atoms with E-state index in [2.05, 4.69) is 0 Å². The molecule has 1 saturated carbocycles. The van der Waals surface area contributed by atoms with Gasteiger partial charge in [0.1, 0.15) is 0 Å². The van der Waals surface area contributed by atoms with Crippen molar-refractivity contribution in [2.24, 2.45) is 18.2 Å². The molecule has 1 aromatic carbocycles. The highest BCUT2D eigenvalue weighted by molar-refractivity contribution is 5.86. The molecule has 1 aliphatic carbocycles. The van der Waals surface area contributed by atoms with Gasteiger partial charge in [-0.05, 0) is 24.5 Å². The molecule has 3 rings (SSSR count). The Morgan fingerprint density at radius 3 is 2.68 bits per heavy atom. The molecule has 0 aliphatic heterocycles. The van der Waals surface area contributed by atoms with Crippen LogP contribution < -0.4 is 5.73 Å². The van der Waals surface area contributed by atoms with Crippen molar-refractivity contribution in [3.8, 4) is 0 Å². The third kappa shape index (κ3) is 1.60. The van der Waals surface area contributed by atoms with E-state index in [4.69, 9.17) is 5.73 Å². The van der Waals surface area contributed by atoms with Gasteiger partial charge in [-0.25, -0.2) is 0 Å². The van der Waals surface area contributed by atoms with Gasteiger partial charge in [-0.1, -0.05) is 24.6 Å². The summed E-state index contributed by atoms with van der Waals surface area (Å²) in [6.45, 7) is 0. The van der Waals surface area contributed by atoms with Crippen LogP contribution >= 0.6 is 0 Å². The quantitative estimate of drug-likeness (QED) is 0.888. The van der Waals surface area contributed by atoms with E-state index in [9.17, 15) is 9.90 Å². The van der Waals surface area contributed by atoms with Crippen molar-refractivity contribution in [2.45, 2.75) is 25.3 Å². The van der Waals surface area contributed by atoms with Gasteiger partial charge in [0, 0.05) is 30.2 Å². The standard InChI is InChI=1S/C15H18N2O2/c1-17-9-11(10-5-2-3-6-12(10)17)13(16)15(14(18)19)7-4-8-15/h2-3,5-6,9,13H,4,7-8,16H2,1H3,(H,18,19). The molecule has 1 fully saturated rings. The van der Waals surface area contributed by atoms with Gasteiger partial charge in [0.15, 0.2) is 0 Å². The van der Waals surface area contributed by atoms with Gasteiger partial charge in [-0.2, -0.15) is 0 Å². The van der Waals surface area contributed by atoms with Gasteiger partial charge in [0.05, 0.1) is 5.41 Å². The van der Waals surface area contributed by atoms with Gasteiger partial charge in [0.2, 0.25) is 0 Å². The number of hydrogen-bond donors (Lipinski definition) is 2. The monoisotopic (exact) mass is 258 g/mol. The molecule has 0 saturated heterocycles. The van der Waals surface area contributed by atoms with E-state index in [1.165, 1.54) is 0 Å². The Morgan fingerprint density at radius 2 is 2.11 bits per heavy atom. The number of nitrogens with two attached hydrogens (primary N) is 1. The maximum atomic E-state index is 11.6. The molecule has 0 amide bonds. The number of carboxylic acid groups (broad SMARTS) is 1. The minimum absolute atomic E-state index is 0.440. The maximum Gasteiger partial charge on any atom is 0.311 e. The summed E-state index contributed by atoms with van der Waals surface area (Å²) in [5.41, 5.74) is 7.58.